The number of nitrogens with zero attached hydrogens (tertiary/aromatic N) is 1. The van der Waals surface area contributed by atoms with Gasteiger partial charge in [-0.1, -0.05) is 0 Å². The van der Waals surface area contributed by atoms with Crippen molar-refractivity contribution in [2.24, 2.45) is 5.73 Å². The molecule has 0 saturated carbocycles. The van der Waals surface area contributed by atoms with Crippen molar-refractivity contribution in [1.82, 2.24) is 4.98 Å². The maximum Gasteiger partial charge on any atom is 0.243 e. The normalized spacial score (nSPS) is 12.8. The molecule has 9 heteroatoms. The average molecular weight is 371 g/mol. The van der Waals surface area contributed by atoms with E-state index in [-0.39, 0.29) is 18.0 Å². The van der Waals surface area contributed by atoms with Crippen LogP contribution in [0.15, 0.2) is 24.3 Å². The van der Waals surface area contributed by atoms with Crippen molar-refractivity contribution in [3.05, 3.63) is 35.0 Å². The average Bonchev–Trinajstić information content (AvgIpc) is 2.85. The number of amides is 1. The molecule has 0 aliphatic carbocycles. The zero-order chi connectivity index (χ0) is 17.9. The van der Waals surface area contributed by atoms with Crippen LogP contribution in [0.3, 0.4) is 0 Å². The summed E-state index contributed by atoms with van der Waals surface area (Å²) in [6, 6.07) is 4.97. The van der Waals surface area contributed by atoms with Gasteiger partial charge in [0, 0.05) is 16.7 Å². The van der Waals surface area contributed by atoms with E-state index in [2.05, 4.69) is 10.3 Å². The predicted octanol–water partition coefficient (Wildman–Crippen LogP) is 1.96. The Morgan fingerprint density at radius 3 is 2.58 bits per heavy atom. The lowest BCUT2D eigenvalue weighted by molar-refractivity contribution is -0.117. The number of nitrogens with one attached hydrogen (secondary N) is 1. The summed E-state index contributed by atoms with van der Waals surface area (Å²) in [4.78, 5) is 17.2. The predicted molar refractivity (Wildman–Crippen MR) is 93.2 cm³/mol. The molecular weight excluding hydrogens is 353 g/mol. The van der Waals surface area contributed by atoms with Crippen molar-refractivity contribution in [2.45, 2.75) is 19.4 Å². The van der Waals surface area contributed by atoms with Crippen LogP contribution in [0.25, 0.3) is 11.3 Å². The van der Waals surface area contributed by atoms with Gasteiger partial charge >= 0.3 is 0 Å². The van der Waals surface area contributed by atoms with Crippen LogP contribution >= 0.6 is 11.3 Å². The number of rotatable bonds is 6. The van der Waals surface area contributed by atoms with Crippen molar-refractivity contribution in [2.75, 3.05) is 17.3 Å². The molecule has 2 rings (SSSR count). The fourth-order valence-electron chi connectivity index (χ4n) is 2.00. The topological polar surface area (TPSA) is 102 Å². The molecule has 1 atom stereocenters. The van der Waals surface area contributed by atoms with Crippen LogP contribution in [0.2, 0.25) is 0 Å². The molecule has 1 heterocycles. The van der Waals surface area contributed by atoms with E-state index >= 15 is 0 Å². The zero-order valence-corrected chi connectivity index (χ0v) is 14.9. The first-order valence-corrected chi connectivity index (χ1v) is 10.0. The van der Waals surface area contributed by atoms with Gasteiger partial charge in [0.1, 0.15) is 15.7 Å². The number of aromatic nitrogens is 1. The highest BCUT2D eigenvalue weighted by Gasteiger charge is 2.18. The summed E-state index contributed by atoms with van der Waals surface area (Å²) in [5.74, 6) is -0.977. The second-order valence-electron chi connectivity index (χ2n) is 5.44. The summed E-state index contributed by atoms with van der Waals surface area (Å²) < 4.78 is 35.2. The van der Waals surface area contributed by atoms with Crippen LogP contribution in [0.5, 0.6) is 0 Å². The lowest BCUT2D eigenvalue weighted by Crippen LogP contribution is -2.37. The SMILES string of the molecule is Cc1sc(NC(=O)C(N)CCS(C)(=O)=O)nc1-c1ccc(F)cc1. The van der Waals surface area contributed by atoms with Crippen LogP contribution < -0.4 is 11.1 Å². The van der Waals surface area contributed by atoms with Gasteiger partial charge < -0.3 is 11.1 Å². The highest BCUT2D eigenvalue weighted by molar-refractivity contribution is 7.90. The third kappa shape index (κ3) is 5.08. The Kier molecular flexibility index (Phi) is 5.68. The third-order valence-electron chi connectivity index (χ3n) is 3.28. The number of halogens is 1. The number of carbonyl (C=O) groups is 1. The molecule has 3 N–H and O–H groups in total. The first-order valence-electron chi connectivity index (χ1n) is 7.13. The summed E-state index contributed by atoms with van der Waals surface area (Å²) in [6.07, 6.45) is 1.14. The largest absolute Gasteiger partial charge is 0.320 e. The summed E-state index contributed by atoms with van der Waals surface area (Å²) in [6.45, 7) is 1.84. The van der Waals surface area contributed by atoms with Crippen LogP contribution in [-0.2, 0) is 14.6 Å². The Bertz CT molecular complexity index is 832. The van der Waals surface area contributed by atoms with Gasteiger partial charge in [0.2, 0.25) is 5.91 Å². The number of thiazole rings is 1. The Balaban J connectivity index is 2.07. The number of hydrogen-bond donors (Lipinski definition) is 2. The van der Waals surface area contributed by atoms with E-state index in [1.54, 1.807) is 12.1 Å². The highest BCUT2D eigenvalue weighted by Crippen LogP contribution is 2.30. The number of nitrogens with two attached hydrogens (primary N) is 1. The van der Waals surface area contributed by atoms with Gasteiger partial charge in [0.25, 0.3) is 0 Å². The first-order chi connectivity index (χ1) is 11.2. The quantitative estimate of drug-likeness (QED) is 0.808. The second-order valence-corrected chi connectivity index (χ2v) is 8.91. The lowest BCUT2D eigenvalue weighted by atomic mass is 10.1. The monoisotopic (exact) mass is 371 g/mol. The Labute approximate surface area is 143 Å². The van der Waals surface area contributed by atoms with Crippen LogP contribution in [0, 0.1) is 12.7 Å². The fourth-order valence-corrected chi connectivity index (χ4v) is 3.52. The van der Waals surface area contributed by atoms with Gasteiger partial charge in [0.15, 0.2) is 5.13 Å². The molecule has 0 spiro atoms. The van der Waals surface area contributed by atoms with E-state index in [0.29, 0.717) is 10.8 Å². The molecule has 24 heavy (non-hydrogen) atoms. The molecule has 2 aromatic rings. The molecule has 0 aliphatic heterocycles. The molecule has 0 fully saturated rings. The van der Waals surface area contributed by atoms with Gasteiger partial charge in [-0.25, -0.2) is 17.8 Å². The van der Waals surface area contributed by atoms with E-state index in [9.17, 15) is 17.6 Å². The fraction of sp³-hybridized carbons (Fsp3) is 0.333. The molecule has 130 valence electrons. The van der Waals surface area contributed by atoms with E-state index in [4.69, 9.17) is 5.73 Å². The minimum absolute atomic E-state index is 0.0415. The number of hydrogen-bond acceptors (Lipinski definition) is 6. The van der Waals surface area contributed by atoms with E-state index < -0.39 is 21.8 Å². The molecule has 1 unspecified atom stereocenters. The smallest absolute Gasteiger partial charge is 0.243 e. The Morgan fingerprint density at radius 1 is 1.38 bits per heavy atom. The number of benzene rings is 1. The van der Waals surface area contributed by atoms with E-state index in [1.807, 2.05) is 6.92 Å². The minimum atomic E-state index is -3.17. The summed E-state index contributed by atoms with van der Waals surface area (Å²) >= 11 is 1.27. The summed E-state index contributed by atoms with van der Waals surface area (Å²) in [5.41, 5.74) is 7.10. The number of aryl methyl sites for hydroxylation is 1. The number of sulfone groups is 1. The van der Waals surface area contributed by atoms with Crippen molar-refractivity contribution in [3.8, 4) is 11.3 Å². The molecule has 0 aliphatic rings. The molecular formula is C15H18FN3O3S2. The van der Waals surface area contributed by atoms with Crippen LogP contribution in [-0.4, -0.2) is 37.4 Å². The Hall–Kier alpha value is -1.84. The summed E-state index contributed by atoms with van der Waals surface area (Å²) in [7, 11) is -3.17. The van der Waals surface area contributed by atoms with E-state index in [0.717, 1.165) is 16.7 Å². The first kappa shape index (κ1) is 18.5. The van der Waals surface area contributed by atoms with Crippen molar-refractivity contribution in [3.63, 3.8) is 0 Å². The summed E-state index contributed by atoms with van der Waals surface area (Å²) in [5, 5.41) is 2.96. The maximum absolute atomic E-state index is 13.0. The van der Waals surface area contributed by atoms with Crippen LogP contribution in [0.4, 0.5) is 9.52 Å². The number of carbonyl (C=O) groups excluding carboxylic acids is 1. The van der Waals surface area contributed by atoms with Crippen LogP contribution in [0.1, 0.15) is 11.3 Å². The van der Waals surface area contributed by atoms with Gasteiger partial charge in [0.05, 0.1) is 17.5 Å². The van der Waals surface area contributed by atoms with Gasteiger partial charge in [-0.2, -0.15) is 0 Å². The minimum Gasteiger partial charge on any atom is -0.320 e. The molecule has 6 nitrogen and oxygen atoms in total. The van der Waals surface area contributed by atoms with Gasteiger partial charge in [-0.05, 0) is 37.6 Å². The van der Waals surface area contributed by atoms with Crippen molar-refractivity contribution >= 4 is 32.2 Å². The Morgan fingerprint density at radius 2 is 2.00 bits per heavy atom. The standard InChI is InChI=1S/C15H18FN3O3S2/c1-9-13(10-3-5-11(16)6-4-10)18-15(23-9)19-14(20)12(17)7-8-24(2,21)22/h3-6,12H,7-8,17H2,1-2H3,(H,18,19,20). The molecule has 0 radical (unpaired) electrons. The van der Waals surface area contributed by atoms with Gasteiger partial charge in [-0.15, -0.1) is 11.3 Å². The molecule has 1 amide bonds. The molecule has 1 aromatic carbocycles. The molecule has 1 aromatic heterocycles. The van der Waals surface area contributed by atoms with E-state index in [1.165, 1.54) is 23.5 Å². The lowest BCUT2D eigenvalue weighted by Gasteiger charge is -2.09. The second kappa shape index (κ2) is 7.37. The number of anilines is 1. The molecule has 0 bridgehead atoms. The zero-order valence-electron chi connectivity index (χ0n) is 13.2. The van der Waals surface area contributed by atoms with Gasteiger partial charge in [-0.3, -0.25) is 4.79 Å². The van der Waals surface area contributed by atoms with Crippen molar-refractivity contribution < 1.29 is 17.6 Å². The molecule has 0 saturated heterocycles. The van der Waals surface area contributed by atoms with Crippen molar-refractivity contribution in [1.29, 1.82) is 0 Å². The maximum atomic E-state index is 13.0. The third-order valence-corrected chi connectivity index (χ3v) is 5.14. The highest BCUT2D eigenvalue weighted by atomic mass is 32.2.